The average molecular weight is 264 g/mol. The lowest BCUT2D eigenvalue weighted by Crippen LogP contribution is -2.04. The fraction of sp³-hybridized carbons (Fsp3) is 0.385. The smallest absolute Gasteiger partial charge is 0.216 e. The van der Waals surface area contributed by atoms with E-state index in [4.69, 9.17) is 4.74 Å². The molecular weight excluding hydrogens is 248 g/mol. The van der Waals surface area contributed by atoms with Crippen molar-refractivity contribution < 1.29 is 9.84 Å². The van der Waals surface area contributed by atoms with Gasteiger partial charge in [0.1, 0.15) is 12.4 Å². The van der Waals surface area contributed by atoms with Crippen LogP contribution in [0.25, 0.3) is 0 Å². The summed E-state index contributed by atoms with van der Waals surface area (Å²) in [6, 6.07) is 5.83. The molecule has 2 aromatic heterocycles. The van der Waals surface area contributed by atoms with Gasteiger partial charge in [-0.2, -0.15) is 0 Å². The number of hydrogen-bond acceptors (Lipinski definition) is 5. The van der Waals surface area contributed by atoms with Crippen molar-refractivity contribution >= 4 is 11.3 Å². The molecule has 0 radical (unpaired) electrons. The predicted molar refractivity (Wildman–Crippen MR) is 70.9 cm³/mol. The van der Waals surface area contributed by atoms with Crippen molar-refractivity contribution in [2.45, 2.75) is 25.9 Å². The van der Waals surface area contributed by atoms with Gasteiger partial charge in [0.05, 0.1) is 12.8 Å². The van der Waals surface area contributed by atoms with E-state index in [2.05, 4.69) is 29.0 Å². The Morgan fingerprint density at radius 1 is 1.33 bits per heavy atom. The first kappa shape index (κ1) is 13.0. The molecule has 0 saturated heterocycles. The SMILES string of the molecule is CCc1ccc(CC(O)c2cc(OC)ncn2)s1. The largest absolute Gasteiger partial charge is 0.481 e. The Labute approximate surface area is 110 Å². The first-order valence-electron chi connectivity index (χ1n) is 5.84. The molecule has 1 unspecified atom stereocenters. The number of thiophene rings is 1. The minimum Gasteiger partial charge on any atom is -0.481 e. The number of nitrogens with zero attached hydrogens (tertiary/aromatic N) is 2. The summed E-state index contributed by atoms with van der Waals surface area (Å²) in [5.41, 5.74) is 0.591. The molecule has 4 nitrogen and oxygen atoms in total. The van der Waals surface area contributed by atoms with Gasteiger partial charge in [0.2, 0.25) is 5.88 Å². The number of aryl methyl sites for hydroxylation is 1. The molecule has 0 aliphatic rings. The summed E-state index contributed by atoms with van der Waals surface area (Å²) in [6.45, 7) is 2.13. The van der Waals surface area contributed by atoms with E-state index in [1.165, 1.54) is 11.2 Å². The normalized spacial score (nSPS) is 12.4. The minimum absolute atomic E-state index is 0.472. The van der Waals surface area contributed by atoms with Crippen LogP contribution in [0.4, 0.5) is 0 Å². The van der Waals surface area contributed by atoms with Gasteiger partial charge in [-0.05, 0) is 18.6 Å². The van der Waals surface area contributed by atoms with Gasteiger partial charge in [-0.1, -0.05) is 6.92 Å². The number of aliphatic hydroxyl groups excluding tert-OH is 1. The molecular formula is C13H16N2O2S. The van der Waals surface area contributed by atoms with Crippen LogP contribution in [0.3, 0.4) is 0 Å². The molecule has 0 fully saturated rings. The number of methoxy groups -OCH3 is 1. The van der Waals surface area contributed by atoms with Crippen molar-refractivity contribution in [2.75, 3.05) is 7.11 Å². The van der Waals surface area contributed by atoms with Crippen LogP contribution < -0.4 is 4.74 Å². The fourth-order valence-corrected chi connectivity index (χ4v) is 2.66. The molecule has 18 heavy (non-hydrogen) atoms. The number of hydrogen-bond donors (Lipinski definition) is 1. The Kier molecular flexibility index (Phi) is 4.28. The van der Waals surface area contributed by atoms with Crippen molar-refractivity contribution in [2.24, 2.45) is 0 Å². The van der Waals surface area contributed by atoms with E-state index in [9.17, 15) is 5.11 Å². The molecule has 0 aromatic carbocycles. The number of rotatable bonds is 5. The van der Waals surface area contributed by atoms with Gasteiger partial charge in [-0.15, -0.1) is 11.3 Å². The molecule has 0 amide bonds. The lowest BCUT2D eigenvalue weighted by atomic mass is 10.1. The molecule has 2 heterocycles. The Morgan fingerprint density at radius 2 is 2.11 bits per heavy atom. The minimum atomic E-state index is -0.620. The third-order valence-corrected chi connectivity index (χ3v) is 3.93. The second-order valence-corrected chi connectivity index (χ2v) is 5.18. The second-order valence-electron chi connectivity index (χ2n) is 3.93. The molecule has 0 aliphatic carbocycles. The van der Waals surface area contributed by atoms with Crippen molar-refractivity contribution in [1.29, 1.82) is 0 Å². The van der Waals surface area contributed by atoms with Gasteiger partial charge in [0.15, 0.2) is 0 Å². The molecule has 2 rings (SSSR count). The van der Waals surface area contributed by atoms with Crippen LogP contribution in [0.5, 0.6) is 5.88 Å². The highest BCUT2D eigenvalue weighted by molar-refractivity contribution is 7.11. The molecule has 1 N–H and O–H groups in total. The molecule has 96 valence electrons. The van der Waals surface area contributed by atoms with Crippen molar-refractivity contribution in [1.82, 2.24) is 9.97 Å². The average Bonchev–Trinajstić information content (AvgIpc) is 2.86. The Hall–Kier alpha value is -1.46. The van der Waals surface area contributed by atoms with Crippen LogP contribution >= 0.6 is 11.3 Å². The van der Waals surface area contributed by atoms with Gasteiger partial charge >= 0.3 is 0 Å². The molecule has 0 bridgehead atoms. The zero-order valence-electron chi connectivity index (χ0n) is 10.5. The Morgan fingerprint density at radius 3 is 2.78 bits per heavy atom. The quantitative estimate of drug-likeness (QED) is 0.901. The monoisotopic (exact) mass is 264 g/mol. The molecule has 2 aromatic rings. The summed E-state index contributed by atoms with van der Waals surface area (Å²) in [5.74, 6) is 0.472. The first-order chi connectivity index (χ1) is 8.72. The Balaban J connectivity index is 2.08. The van der Waals surface area contributed by atoms with Crippen LogP contribution in [0.2, 0.25) is 0 Å². The number of aliphatic hydroxyl groups is 1. The number of aromatic nitrogens is 2. The van der Waals surface area contributed by atoms with Gasteiger partial charge in [-0.3, -0.25) is 0 Å². The lowest BCUT2D eigenvalue weighted by molar-refractivity contribution is 0.173. The summed E-state index contributed by atoms with van der Waals surface area (Å²) in [6.07, 6.45) is 2.39. The van der Waals surface area contributed by atoms with E-state index in [-0.39, 0.29) is 0 Å². The summed E-state index contributed by atoms with van der Waals surface area (Å²) < 4.78 is 5.02. The molecule has 5 heteroatoms. The van der Waals surface area contributed by atoms with Crippen LogP contribution in [-0.4, -0.2) is 22.2 Å². The van der Waals surface area contributed by atoms with E-state index in [1.807, 2.05) is 0 Å². The van der Waals surface area contributed by atoms with Crippen LogP contribution in [-0.2, 0) is 12.8 Å². The van der Waals surface area contributed by atoms with E-state index >= 15 is 0 Å². The van der Waals surface area contributed by atoms with E-state index in [1.54, 1.807) is 24.5 Å². The van der Waals surface area contributed by atoms with Crippen molar-refractivity contribution in [3.63, 3.8) is 0 Å². The van der Waals surface area contributed by atoms with Gasteiger partial charge in [0, 0.05) is 22.2 Å². The van der Waals surface area contributed by atoms with Gasteiger partial charge in [-0.25, -0.2) is 9.97 Å². The maximum atomic E-state index is 10.1. The highest BCUT2D eigenvalue weighted by atomic mass is 32.1. The molecule has 0 spiro atoms. The summed E-state index contributed by atoms with van der Waals surface area (Å²) >= 11 is 1.73. The zero-order valence-corrected chi connectivity index (χ0v) is 11.3. The molecule has 1 atom stereocenters. The maximum absolute atomic E-state index is 10.1. The summed E-state index contributed by atoms with van der Waals surface area (Å²) in [4.78, 5) is 10.5. The van der Waals surface area contributed by atoms with Crippen molar-refractivity contribution in [3.8, 4) is 5.88 Å². The lowest BCUT2D eigenvalue weighted by Gasteiger charge is -2.09. The molecule has 0 aliphatic heterocycles. The summed E-state index contributed by atoms with van der Waals surface area (Å²) in [7, 11) is 1.55. The highest BCUT2D eigenvalue weighted by Crippen LogP contribution is 2.24. The van der Waals surface area contributed by atoms with Gasteiger partial charge in [0.25, 0.3) is 0 Å². The van der Waals surface area contributed by atoms with E-state index in [0.717, 1.165) is 11.3 Å². The first-order valence-corrected chi connectivity index (χ1v) is 6.66. The third-order valence-electron chi connectivity index (χ3n) is 2.67. The third kappa shape index (κ3) is 3.05. The summed E-state index contributed by atoms with van der Waals surface area (Å²) in [5, 5.41) is 10.1. The second kappa shape index (κ2) is 5.93. The van der Waals surface area contributed by atoms with E-state index in [0.29, 0.717) is 18.0 Å². The maximum Gasteiger partial charge on any atom is 0.216 e. The van der Waals surface area contributed by atoms with Gasteiger partial charge < -0.3 is 9.84 Å². The standard InChI is InChI=1S/C13H16N2O2S/c1-3-9-4-5-10(18-9)6-12(16)11-7-13(17-2)15-8-14-11/h4-5,7-8,12,16H,3,6H2,1-2H3. The van der Waals surface area contributed by atoms with E-state index < -0.39 is 6.10 Å². The zero-order chi connectivity index (χ0) is 13.0. The highest BCUT2D eigenvalue weighted by Gasteiger charge is 2.12. The number of ether oxygens (including phenoxy) is 1. The molecule has 0 saturated carbocycles. The topological polar surface area (TPSA) is 55.2 Å². The van der Waals surface area contributed by atoms with Crippen LogP contribution in [0, 0.1) is 0 Å². The predicted octanol–water partition coefficient (Wildman–Crippen LogP) is 2.39. The van der Waals surface area contributed by atoms with Crippen molar-refractivity contribution in [3.05, 3.63) is 40.0 Å². The van der Waals surface area contributed by atoms with Crippen LogP contribution in [0.15, 0.2) is 24.5 Å². The van der Waals surface area contributed by atoms with Crippen LogP contribution in [0.1, 0.15) is 28.5 Å². The Bertz CT molecular complexity index is 513. The fourth-order valence-electron chi connectivity index (χ4n) is 1.66.